The van der Waals surface area contributed by atoms with Crippen molar-refractivity contribution in [1.82, 2.24) is 0 Å². The number of hydrogen-bond acceptors (Lipinski definition) is 3. The maximum Gasteiger partial charge on any atom is 0.161 e. The number of aliphatic hydroxyl groups is 1. The summed E-state index contributed by atoms with van der Waals surface area (Å²) in [6.07, 6.45) is 2.43. The molecule has 112 valence electrons. The first kappa shape index (κ1) is 15.2. The predicted octanol–water partition coefficient (Wildman–Crippen LogP) is 3.88. The Hall–Kier alpha value is -1.22. The van der Waals surface area contributed by atoms with Crippen LogP contribution in [0.1, 0.15) is 57.8 Å². The Bertz CT molecular complexity index is 466. The molecule has 2 rings (SSSR count). The van der Waals surface area contributed by atoms with Crippen LogP contribution in [-0.4, -0.2) is 18.3 Å². The Morgan fingerprint density at radius 2 is 1.75 bits per heavy atom. The maximum absolute atomic E-state index is 10.5. The summed E-state index contributed by atoms with van der Waals surface area (Å²) in [5.74, 6) is 1.53. The van der Waals surface area contributed by atoms with Gasteiger partial charge in [0, 0.05) is 0 Å². The standard InChI is InChI=1S/C17H26O3/c1-5-19-15-9-12-7-8-17(3,4)11-14(18)13(12)10-16(15)20-6-2/h9-10,14,18H,5-8,11H2,1-4H3. The minimum atomic E-state index is -0.419. The molecule has 0 bridgehead atoms. The Balaban J connectivity index is 2.41. The predicted molar refractivity (Wildman–Crippen MR) is 80.5 cm³/mol. The Labute approximate surface area is 121 Å². The summed E-state index contributed by atoms with van der Waals surface area (Å²) in [4.78, 5) is 0. The van der Waals surface area contributed by atoms with E-state index >= 15 is 0 Å². The van der Waals surface area contributed by atoms with Crippen molar-refractivity contribution < 1.29 is 14.6 Å². The number of rotatable bonds is 4. The van der Waals surface area contributed by atoms with E-state index in [1.54, 1.807) is 0 Å². The van der Waals surface area contributed by atoms with Crippen LogP contribution in [0.3, 0.4) is 0 Å². The third-order valence-corrected chi connectivity index (χ3v) is 3.98. The van der Waals surface area contributed by atoms with Crippen molar-refractivity contribution in [2.45, 2.75) is 53.1 Å². The molecule has 0 spiro atoms. The van der Waals surface area contributed by atoms with Gasteiger partial charge in [-0.05, 0) is 61.8 Å². The molecule has 0 aromatic heterocycles. The lowest BCUT2D eigenvalue weighted by Gasteiger charge is -2.24. The number of aryl methyl sites for hydroxylation is 1. The maximum atomic E-state index is 10.5. The molecule has 3 nitrogen and oxygen atoms in total. The molecule has 20 heavy (non-hydrogen) atoms. The van der Waals surface area contributed by atoms with Gasteiger partial charge in [-0.3, -0.25) is 0 Å². The smallest absolute Gasteiger partial charge is 0.161 e. The monoisotopic (exact) mass is 278 g/mol. The molecule has 1 N–H and O–H groups in total. The highest BCUT2D eigenvalue weighted by molar-refractivity contribution is 5.49. The Kier molecular flexibility index (Phi) is 4.59. The van der Waals surface area contributed by atoms with E-state index in [1.807, 2.05) is 19.9 Å². The van der Waals surface area contributed by atoms with Gasteiger partial charge in [-0.2, -0.15) is 0 Å². The van der Waals surface area contributed by atoms with Crippen LogP contribution in [0.4, 0.5) is 0 Å². The van der Waals surface area contributed by atoms with Crippen molar-refractivity contribution in [1.29, 1.82) is 0 Å². The Morgan fingerprint density at radius 1 is 1.15 bits per heavy atom. The van der Waals surface area contributed by atoms with Crippen molar-refractivity contribution in [3.05, 3.63) is 23.3 Å². The van der Waals surface area contributed by atoms with Gasteiger partial charge >= 0.3 is 0 Å². The Morgan fingerprint density at radius 3 is 2.35 bits per heavy atom. The fourth-order valence-electron chi connectivity index (χ4n) is 2.89. The third-order valence-electron chi connectivity index (χ3n) is 3.98. The fraction of sp³-hybridized carbons (Fsp3) is 0.647. The van der Waals surface area contributed by atoms with Crippen LogP contribution < -0.4 is 9.47 Å². The lowest BCUT2D eigenvalue weighted by molar-refractivity contribution is 0.116. The van der Waals surface area contributed by atoms with Gasteiger partial charge < -0.3 is 14.6 Å². The molecule has 0 radical (unpaired) electrons. The van der Waals surface area contributed by atoms with Gasteiger partial charge in [-0.15, -0.1) is 0 Å². The highest BCUT2D eigenvalue weighted by atomic mass is 16.5. The first-order valence-corrected chi connectivity index (χ1v) is 7.57. The molecular formula is C17H26O3. The second-order valence-electron chi connectivity index (χ2n) is 6.25. The zero-order valence-corrected chi connectivity index (χ0v) is 13.0. The number of fused-ring (bicyclic) bond motifs is 1. The van der Waals surface area contributed by atoms with Crippen molar-refractivity contribution >= 4 is 0 Å². The SMILES string of the molecule is CCOc1cc2c(cc1OCC)C(O)CC(C)(C)CC2. The summed E-state index contributed by atoms with van der Waals surface area (Å²) in [5, 5.41) is 10.5. The van der Waals surface area contributed by atoms with Crippen LogP contribution >= 0.6 is 0 Å². The van der Waals surface area contributed by atoms with E-state index in [2.05, 4.69) is 19.9 Å². The molecule has 0 saturated carbocycles. The highest BCUT2D eigenvalue weighted by Gasteiger charge is 2.29. The van der Waals surface area contributed by atoms with Crippen molar-refractivity contribution in [3.63, 3.8) is 0 Å². The van der Waals surface area contributed by atoms with Gasteiger partial charge in [0.25, 0.3) is 0 Å². The summed E-state index contributed by atoms with van der Waals surface area (Å²) >= 11 is 0. The van der Waals surface area contributed by atoms with Gasteiger partial charge in [0.15, 0.2) is 11.5 Å². The average molecular weight is 278 g/mol. The minimum Gasteiger partial charge on any atom is -0.490 e. The molecule has 3 heteroatoms. The summed E-state index contributed by atoms with van der Waals surface area (Å²) in [5.41, 5.74) is 2.35. The highest BCUT2D eigenvalue weighted by Crippen LogP contribution is 2.43. The molecule has 1 atom stereocenters. The van der Waals surface area contributed by atoms with Gasteiger partial charge in [0.05, 0.1) is 19.3 Å². The number of hydrogen-bond donors (Lipinski definition) is 1. The lowest BCUT2D eigenvalue weighted by atomic mass is 9.84. The molecule has 0 aliphatic heterocycles. The zero-order valence-electron chi connectivity index (χ0n) is 13.0. The van der Waals surface area contributed by atoms with Gasteiger partial charge in [-0.1, -0.05) is 13.8 Å². The van der Waals surface area contributed by atoms with Crippen LogP contribution in [0.25, 0.3) is 0 Å². The number of ether oxygens (including phenoxy) is 2. The summed E-state index contributed by atoms with van der Waals surface area (Å²) in [6, 6.07) is 4.02. The van der Waals surface area contributed by atoms with E-state index in [9.17, 15) is 5.11 Å². The molecule has 0 amide bonds. The van der Waals surface area contributed by atoms with E-state index < -0.39 is 6.10 Å². The molecule has 1 aromatic carbocycles. The van der Waals surface area contributed by atoms with Crippen LogP contribution in [0.5, 0.6) is 11.5 Å². The van der Waals surface area contributed by atoms with Gasteiger partial charge in [0.2, 0.25) is 0 Å². The molecule has 1 aromatic rings. The average Bonchev–Trinajstić information content (AvgIpc) is 2.48. The number of benzene rings is 1. The fourth-order valence-corrected chi connectivity index (χ4v) is 2.89. The second kappa shape index (κ2) is 6.04. The molecular weight excluding hydrogens is 252 g/mol. The van der Waals surface area contributed by atoms with Crippen LogP contribution in [0.2, 0.25) is 0 Å². The minimum absolute atomic E-state index is 0.163. The lowest BCUT2D eigenvalue weighted by Crippen LogP contribution is -2.13. The van der Waals surface area contributed by atoms with Crippen LogP contribution in [0, 0.1) is 5.41 Å². The summed E-state index contributed by atoms with van der Waals surface area (Å²) < 4.78 is 11.3. The van der Waals surface area contributed by atoms with Crippen LogP contribution in [0.15, 0.2) is 12.1 Å². The van der Waals surface area contributed by atoms with Crippen molar-refractivity contribution in [2.75, 3.05) is 13.2 Å². The van der Waals surface area contributed by atoms with Crippen LogP contribution in [-0.2, 0) is 6.42 Å². The van der Waals surface area contributed by atoms with E-state index in [-0.39, 0.29) is 5.41 Å². The van der Waals surface area contributed by atoms with E-state index in [1.165, 1.54) is 5.56 Å². The van der Waals surface area contributed by atoms with Gasteiger partial charge in [0.1, 0.15) is 0 Å². The summed E-state index contributed by atoms with van der Waals surface area (Å²) in [7, 11) is 0. The molecule has 1 unspecified atom stereocenters. The van der Waals surface area contributed by atoms with E-state index in [0.29, 0.717) is 13.2 Å². The topological polar surface area (TPSA) is 38.7 Å². The molecule has 0 fully saturated rings. The van der Waals surface area contributed by atoms with Crippen molar-refractivity contribution in [3.8, 4) is 11.5 Å². The first-order valence-electron chi connectivity index (χ1n) is 7.57. The largest absolute Gasteiger partial charge is 0.490 e. The third kappa shape index (κ3) is 3.26. The van der Waals surface area contributed by atoms with Crippen molar-refractivity contribution in [2.24, 2.45) is 5.41 Å². The quantitative estimate of drug-likeness (QED) is 0.849. The molecule has 0 heterocycles. The van der Waals surface area contributed by atoms with Gasteiger partial charge in [-0.25, -0.2) is 0 Å². The second-order valence-corrected chi connectivity index (χ2v) is 6.25. The van der Waals surface area contributed by atoms with E-state index in [0.717, 1.165) is 36.3 Å². The normalized spacial score (nSPS) is 20.9. The summed E-state index contributed by atoms with van der Waals surface area (Å²) in [6.45, 7) is 9.58. The zero-order chi connectivity index (χ0) is 14.8. The molecule has 1 aliphatic rings. The number of aliphatic hydroxyl groups excluding tert-OH is 1. The molecule has 0 saturated heterocycles. The molecule has 1 aliphatic carbocycles. The van der Waals surface area contributed by atoms with E-state index in [4.69, 9.17) is 9.47 Å². The first-order chi connectivity index (χ1) is 9.46.